The summed E-state index contributed by atoms with van der Waals surface area (Å²) in [6.45, 7) is 9.11. The lowest BCUT2D eigenvalue weighted by Crippen LogP contribution is -2.66. The Hall–Kier alpha value is -1.11. The van der Waals surface area contributed by atoms with Gasteiger partial charge in [0.2, 0.25) is 11.8 Å². The first-order valence-electron chi connectivity index (χ1n) is 7.31. The summed E-state index contributed by atoms with van der Waals surface area (Å²) in [6, 6.07) is -1.25. The van der Waals surface area contributed by atoms with Crippen LogP contribution in [0.2, 0.25) is 0 Å². The van der Waals surface area contributed by atoms with E-state index in [4.69, 9.17) is 0 Å². The van der Waals surface area contributed by atoms with Gasteiger partial charge in [-0.3, -0.25) is 9.59 Å². The fourth-order valence-corrected chi connectivity index (χ4v) is 3.67. The minimum absolute atomic E-state index is 0.0718. The van der Waals surface area contributed by atoms with E-state index >= 15 is 0 Å². The van der Waals surface area contributed by atoms with Crippen LogP contribution in [-0.4, -0.2) is 55.3 Å². The molecule has 1 aliphatic heterocycles. The van der Waals surface area contributed by atoms with Crippen molar-refractivity contribution in [1.29, 1.82) is 0 Å². The molecule has 0 spiro atoms. The van der Waals surface area contributed by atoms with E-state index in [1.807, 2.05) is 20.8 Å². The molecule has 7 heteroatoms. The van der Waals surface area contributed by atoms with Crippen LogP contribution in [0, 0.1) is 5.41 Å². The number of nitrogens with zero attached hydrogens (tertiary/aromatic N) is 1. The summed E-state index contributed by atoms with van der Waals surface area (Å²) >= 11 is 0. The van der Waals surface area contributed by atoms with Crippen molar-refractivity contribution < 1.29 is 18.0 Å². The number of carbonyl (C=O) groups is 2. The molecule has 0 bridgehead atoms. The first-order chi connectivity index (χ1) is 9.49. The first kappa shape index (κ1) is 17.9. The summed E-state index contributed by atoms with van der Waals surface area (Å²) in [4.78, 5) is 25.9. The standard InChI is InChI=1S/C14H26N2O4S/c1-6-8-21(19,20)9-7-16-10(2)12(17)15-11(13(16)18)14(3,4)5/h10-11H,6-9H2,1-5H3,(H,15,17). The number of carbonyl (C=O) groups excluding carboxylic acids is 2. The highest BCUT2D eigenvalue weighted by atomic mass is 32.2. The Morgan fingerprint density at radius 3 is 2.24 bits per heavy atom. The number of piperazine rings is 1. The molecule has 0 aromatic carbocycles. The highest BCUT2D eigenvalue weighted by Gasteiger charge is 2.43. The number of hydrogen-bond acceptors (Lipinski definition) is 4. The minimum atomic E-state index is -3.17. The molecule has 1 N–H and O–H groups in total. The third-order valence-electron chi connectivity index (χ3n) is 3.69. The summed E-state index contributed by atoms with van der Waals surface area (Å²) in [5.74, 6) is -0.428. The average molecular weight is 318 g/mol. The second kappa shape index (κ2) is 6.34. The monoisotopic (exact) mass is 318 g/mol. The molecule has 0 aliphatic carbocycles. The zero-order valence-corrected chi connectivity index (χ0v) is 14.3. The van der Waals surface area contributed by atoms with E-state index in [-0.39, 0.29) is 29.9 Å². The van der Waals surface area contributed by atoms with Crippen LogP contribution in [0.1, 0.15) is 41.0 Å². The Labute approximate surface area is 127 Å². The van der Waals surface area contributed by atoms with Crippen LogP contribution in [0.4, 0.5) is 0 Å². The van der Waals surface area contributed by atoms with E-state index in [2.05, 4.69) is 5.32 Å². The number of sulfone groups is 1. The van der Waals surface area contributed by atoms with E-state index < -0.39 is 27.3 Å². The molecule has 0 radical (unpaired) electrons. The molecule has 0 aromatic rings. The second-order valence-corrected chi connectivity index (χ2v) is 8.97. The van der Waals surface area contributed by atoms with Gasteiger partial charge in [0.05, 0.1) is 5.75 Å². The van der Waals surface area contributed by atoms with Gasteiger partial charge < -0.3 is 10.2 Å². The van der Waals surface area contributed by atoms with Crippen molar-refractivity contribution in [2.75, 3.05) is 18.1 Å². The largest absolute Gasteiger partial charge is 0.342 e. The minimum Gasteiger partial charge on any atom is -0.342 e. The highest BCUT2D eigenvalue weighted by molar-refractivity contribution is 7.91. The molecule has 2 atom stereocenters. The lowest BCUT2D eigenvalue weighted by atomic mass is 9.84. The van der Waals surface area contributed by atoms with Crippen molar-refractivity contribution in [2.24, 2.45) is 5.41 Å². The molecule has 0 saturated carbocycles. The van der Waals surface area contributed by atoms with E-state index in [0.29, 0.717) is 6.42 Å². The quantitative estimate of drug-likeness (QED) is 0.803. The van der Waals surface area contributed by atoms with Crippen molar-refractivity contribution in [2.45, 2.75) is 53.1 Å². The van der Waals surface area contributed by atoms with Gasteiger partial charge in [-0.05, 0) is 18.8 Å². The normalized spacial score (nSPS) is 24.1. The summed E-state index contributed by atoms with van der Waals surface area (Å²) < 4.78 is 23.6. The molecule has 122 valence electrons. The Bertz CT molecular complexity index is 508. The van der Waals surface area contributed by atoms with Gasteiger partial charge in [-0.25, -0.2) is 8.42 Å². The van der Waals surface area contributed by atoms with E-state index in [1.165, 1.54) is 4.90 Å². The van der Waals surface area contributed by atoms with Crippen molar-refractivity contribution in [3.05, 3.63) is 0 Å². The molecule has 2 amide bonds. The smallest absolute Gasteiger partial charge is 0.246 e. The Morgan fingerprint density at radius 2 is 1.76 bits per heavy atom. The predicted octanol–water partition coefficient (Wildman–Crippen LogP) is 0.573. The molecule has 1 rings (SSSR count). The number of nitrogens with one attached hydrogen (secondary N) is 1. The van der Waals surface area contributed by atoms with Gasteiger partial charge >= 0.3 is 0 Å². The third kappa shape index (κ3) is 4.43. The maximum atomic E-state index is 12.5. The Kier molecular flexibility index (Phi) is 5.41. The maximum Gasteiger partial charge on any atom is 0.246 e. The van der Waals surface area contributed by atoms with Crippen LogP contribution < -0.4 is 5.32 Å². The lowest BCUT2D eigenvalue weighted by Gasteiger charge is -2.42. The van der Waals surface area contributed by atoms with Crippen molar-refractivity contribution in [3.63, 3.8) is 0 Å². The maximum absolute atomic E-state index is 12.5. The van der Waals surface area contributed by atoms with Gasteiger partial charge in [-0.2, -0.15) is 0 Å². The molecule has 1 fully saturated rings. The Morgan fingerprint density at radius 1 is 1.19 bits per heavy atom. The fraction of sp³-hybridized carbons (Fsp3) is 0.857. The molecule has 0 aromatic heterocycles. The van der Waals surface area contributed by atoms with Gasteiger partial charge in [-0.1, -0.05) is 27.7 Å². The van der Waals surface area contributed by atoms with Gasteiger partial charge in [0, 0.05) is 12.3 Å². The van der Waals surface area contributed by atoms with Crippen LogP contribution in [0.25, 0.3) is 0 Å². The van der Waals surface area contributed by atoms with Gasteiger partial charge in [0.15, 0.2) is 9.84 Å². The van der Waals surface area contributed by atoms with E-state index in [0.717, 1.165) is 0 Å². The van der Waals surface area contributed by atoms with Crippen LogP contribution in [0.15, 0.2) is 0 Å². The first-order valence-corrected chi connectivity index (χ1v) is 9.13. The number of hydrogen-bond donors (Lipinski definition) is 1. The van der Waals surface area contributed by atoms with Crippen LogP contribution in [0.3, 0.4) is 0 Å². The topological polar surface area (TPSA) is 83.6 Å². The Balaban J connectivity index is 2.88. The lowest BCUT2D eigenvalue weighted by molar-refractivity contribution is -0.151. The fourth-order valence-electron chi connectivity index (χ4n) is 2.36. The van der Waals surface area contributed by atoms with Crippen LogP contribution in [-0.2, 0) is 19.4 Å². The zero-order chi connectivity index (χ0) is 16.4. The molecule has 1 aliphatic rings. The van der Waals surface area contributed by atoms with Crippen LogP contribution in [0.5, 0.6) is 0 Å². The van der Waals surface area contributed by atoms with Crippen molar-refractivity contribution in [3.8, 4) is 0 Å². The molecule has 21 heavy (non-hydrogen) atoms. The molecular formula is C14H26N2O4S. The van der Waals surface area contributed by atoms with Gasteiger partial charge in [0.25, 0.3) is 0 Å². The number of rotatable bonds is 5. The predicted molar refractivity (Wildman–Crippen MR) is 81.5 cm³/mol. The number of amides is 2. The highest BCUT2D eigenvalue weighted by Crippen LogP contribution is 2.25. The van der Waals surface area contributed by atoms with Gasteiger partial charge in [-0.15, -0.1) is 0 Å². The van der Waals surface area contributed by atoms with E-state index in [1.54, 1.807) is 13.8 Å². The summed E-state index contributed by atoms with van der Waals surface area (Å²) in [6.07, 6.45) is 0.553. The van der Waals surface area contributed by atoms with Gasteiger partial charge in [0.1, 0.15) is 12.1 Å². The van der Waals surface area contributed by atoms with Crippen molar-refractivity contribution >= 4 is 21.7 Å². The second-order valence-electron chi connectivity index (χ2n) is 6.67. The molecule has 6 nitrogen and oxygen atoms in total. The van der Waals surface area contributed by atoms with E-state index in [9.17, 15) is 18.0 Å². The molecule has 1 saturated heterocycles. The molecular weight excluding hydrogens is 292 g/mol. The van der Waals surface area contributed by atoms with Crippen molar-refractivity contribution in [1.82, 2.24) is 10.2 Å². The summed E-state index contributed by atoms with van der Waals surface area (Å²) in [7, 11) is -3.17. The molecule has 1 heterocycles. The third-order valence-corrected chi connectivity index (χ3v) is 5.52. The average Bonchev–Trinajstić information content (AvgIpc) is 2.32. The molecule has 2 unspecified atom stereocenters. The summed E-state index contributed by atoms with van der Waals surface area (Å²) in [5, 5.41) is 2.73. The SMILES string of the molecule is CCCS(=O)(=O)CCN1C(=O)C(C(C)(C)C)NC(=O)C1C. The summed E-state index contributed by atoms with van der Waals surface area (Å²) in [5.41, 5.74) is -0.409. The van der Waals surface area contributed by atoms with Crippen LogP contribution >= 0.6 is 0 Å². The zero-order valence-electron chi connectivity index (χ0n) is 13.5.